The van der Waals surface area contributed by atoms with Gasteiger partial charge in [-0.05, 0) is 110 Å². The molecule has 0 saturated carbocycles. The zero-order valence-electron chi connectivity index (χ0n) is 22.3. The van der Waals surface area contributed by atoms with Gasteiger partial charge in [0.2, 0.25) is 0 Å². The molecule has 6 heteroatoms. The smallest absolute Gasteiger partial charge is 0.194 e. The summed E-state index contributed by atoms with van der Waals surface area (Å²) >= 11 is 0. The Morgan fingerprint density at radius 3 is 1.25 bits per heavy atom. The lowest BCUT2D eigenvalue weighted by molar-refractivity contribution is -0.000869. The molecule has 5 aromatic rings. The second-order valence-electron chi connectivity index (χ2n) is 9.24. The molecule has 5 aromatic carbocycles. The molecular formula is C34H31NO5. The first-order valence-corrected chi connectivity index (χ1v) is 13.1. The number of aliphatic hydroxyl groups excluding tert-OH is 2. The second-order valence-corrected chi connectivity index (χ2v) is 9.24. The number of anilines is 3. The third-order valence-corrected chi connectivity index (χ3v) is 6.10. The Hall–Kier alpha value is -4.78. The molecule has 40 heavy (non-hydrogen) atoms. The molecule has 0 aliphatic heterocycles. The number of aliphatic hydroxyl groups is 2. The van der Waals surface area contributed by atoms with E-state index in [4.69, 9.17) is 14.2 Å². The Labute approximate surface area is 234 Å². The summed E-state index contributed by atoms with van der Waals surface area (Å²) in [5.41, 5.74) is 4.95. The number of hydrogen-bond donors (Lipinski definition) is 2. The molecule has 5 rings (SSSR count). The summed E-state index contributed by atoms with van der Waals surface area (Å²) in [5, 5.41) is 19.0. The quantitative estimate of drug-likeness (QED) is 0.177. The Balaban J connectivity index is 1.44. The van der Waals surface area contributed by atoms with Gasteiger partial charge in [0.1, 0.15) is 23.0 Å². The van der Waals surface area contributed by atoms with E-state index in [9.17, 15) is 10.2 Å². The van der Waals surface area contributed by atoms with Crippen LogP contribution in [-0.2, 0) is 0 Å². The van der Waals surface area contributed by atoms with Gasteiger partial charge in [-0.15, -0.1) is 0 Å². The van der Waals surface area contributed by atoms with Gasteiger partial charge in [0.05, 0.1) is 0 Å². The van der Waals surface area contributed by atoms with E-state index in [1.807, 2.05) is 103 Å². The minimum absolute atomic E-state index is 0.587. The molecule has 0 bridgehead atoms. The number of rotatable bonds is 10. The van der Waals surface area contributed by atoms with Crippen LogP contribution in [0.5, 0.6) is 23.0 Å². The molecule has 0 spiro atoms. The van der Waals surface area contributed by atoms with Crippen LogP contribution >= 0.6 is 0 Å². The molecule has 0 saturated heterocycles. The standard InChI is InChI=1S/C34H31NO5/c1-24(36)38-32-18-10-27(11-19-32)26-8-12-28(13-9-26)35(29-14-20-33(21-15-29)39-25(2)37)30-16-22-34(23-17-30)40-31-6-4-3-5-7-31/h3-25,36-37H,1-2H3. The van der Waals surface area contributed by atoms with Crippen molar-refractivity contribution in [3.8, 4) is 34.1 Å². The summed E-state index contributed by atoms with van der Waals surface area (Å²) < 4.78 is 16.8. The lowest BCUT2D eigenvalue weighted by atomic mass is 10.0. The molecule has 0 amide bonds. The third kappa shape index (κ3) is 6.80. The molecule has 2 N–H and O–H groups in total. The van der Waals surface area contributed by atoms with Crippen molar-refractivity contribution in [3.63, 3.8) is 0 Å². The molecule has 0 fully saturated rings. The van der Waals surface area contributed by atoms with Crippen LogP contribution in [0.3, 0.4) is 0 Å². The van der Waals surface area contributed by atoms with Crippen molar-refractivity contribution in [2.75, 3.05) is 4.90 Å². The van der Waals surface area contributed by atoms with E-state index in [-0.39, 0.29) is 0 Å². The van der Waals surface area contributed by atoms with Crippen LogP contribution < -0.4 is 19.1 Å². The molecule has 0 heterocycles. The molecule has 0 radical (unpaired) electrons. The molecule has 2 unspecified atom stereocenters. The summed E-state index contributed by atoms with van der Waals surface area (Å²) in [5.74, 6) is 2.73. The first kappa shape index (κ1) is 26.8. The van der Waals surface area contributed by atoms with E-state index in [1.165, 1.54) is 0 Å². The molecule has 6 nitrogen and oxygen atoms in total. The minimum Gasteiger partial charge on any atom is -0.465 e. The molecule has 0 aliphatic carbocycles. The zero-order chi connectivity index (χ0) is 27.9. The van der Waals surface area contributed by atoms with E-state index in [0.717, 1.165) is 39.7 Å². The highest BCUT2D eigenvalue weighted by Crippen LogP contribution is 2.37. The number of ether oxygens (including phenoxy) is 3. The average molecular weight is 534 g/mol. The summed E-state index contributed by atoms with van der Waals surface area (Å²) in [4.78, 5) is 2.14. The maximum absolute atomic E-state index is 9.58. The van der Waals surface area contributed by atoms with Crippen LogP contribution in [0.25, 0.3) is 11.1 Å². The predicted molar refractivity (Wildman–Crippen MR) is 158 cm³/mol. The van der Waals surface area contributed by atoms with Crippen molar-refractivity contribution in [3.05, 3.63) is 127 Å². The summed E-state index contributed by atoms with van der Waals surface area (Å²) in [7, 11) is 0. The van der Waals surface area contributed by atoms with Crippen LogP contribution in [0.2, 0.25) is 0 Å². The fourth-order valence-electron chi connectivity index (χ4n) is 4.33. The van der Waals surface area contributed by atoms with Gasteiger partial charge in [-0.25, -0.2) is 0 Å². The van der Waals surface area contributed by atoms with Crippen LogP contribution in [-0.4, -0.2) is 22.8 Å². The number of nitrogens with zero attached hydrogens (tertiary/aromatic N) is 1. The topological polar surface area (TPSA) is 71.4 Å². The van der Waals surface area contributed by atoms with Gasteiger partial charge < -0.3 is 29.3 Å². The fourth-order valence-corrected chi connectivity index (χ4v) is 4.33. The lowest BCUT2D eigenvalue weighted by Gasteiger charge is -2.26. The molecule has 202 valence electrons. The SMILES string of the molecule is CC(O)Oc1ccc(-c2ccc(N(c3ccc(Oc4ccccc4)cc3)c3ccc(OC(C)O)cc3)cc2)cc1. The maximum Gasteiger partial charge on any atom is 0.194 e. The summed E-state index contributed by atoms with van der Waals surface area (Å²) in [6.45, 7) is 3.16. The van der Waals surface area contributed by atoms with Gasteiger partial charge in [0.15, 0.2) is 12.6 Å². The fraction of sp³-hybridized carbons (Fsp3) is 0.118. The van der Waals surface area contributed by atoms with E-state index in [1.54, 1.807) is 13.8 Å². The number of benzene rings is 5. The largest absolute Gasteiger partial charge is 0.465 e. The van der Waals surface area contributed by atoms with Crippen molar-refractivity contribution in [2.24, 2.45) is 0 Å². The third-order valence-electron chi connectivity index (χ3n) is 6.10. The first-order chi connectivity index (χ1) is 19.4. The van der Waals surface area contributed by atoms with Crippen molar-refractivity contribution >= 4 is 17.1 Å². The Morgan fingerprint density at radius 1 is 0.450 bits per heavy atom. The average Bonchev–Trinajstić information content (AvgIpc) is 2.96. The predicted octanol–water partition coefficient (Wildman–Crippen LogP) is 8.05. The first-order valence-electron chi connectivity index (χ1n) is 13.1. The van der Waals surface area contributed by atoms with Crippen LogP contribution in [0.4, 0.5) is 17.1 Å². The zero-order valence-corrected chi connectivity index (χ0v) is 22.3. The van der Waals surface area contributed by atoms with E-state index in [2.05, 4.69) is 29.2 Å². The van der Waals surface area contributed by atoms with Crippen molar-refractivity contribution in [2.45, 2.75) is 26.4 Å². The number of hydrogen-bond acceptors (Lipinski definition) is 6. The molecular weight excluding hydrogens is 502 g/mol. The van der Waals surface area contributed by atoms with Gasteiger partial charge in [0.25, 0.3) is 0 Å². The second kappa shape index (κ2) is 12.4. The highest BCUT2D eigenvalue weighted by Gasteiger charge is 2.14. The van der Waals surface area contributed by atoms with Crippen LogP contribution in [0.15, 0.2) is 127 Å². The minimum atomic E-state index is -0.890. The van der Waals surface area contributed by atoms with Crippen molar-refractivity contribution in [1.82, 2.24) is 0 Å². The van der Waals surface area contributed by atoms with Crippen molar-refractivity contribution in [1.29, 1.82) is 0 Å². The Kier molecular flexibility index (Phi) is 8.30. The van der Waals surface area contributed by atoms with Crippen molar-refractivity contribution < 1.29 is 24.4 Å². The van der Waals surface area contributed by atoms with Gasteiger partial charge in [-0.3, -0.25) is 0 Å². The van der Waals surface area contributed by atoms with Gasteiger partial charge >= 0.3 is 0 Å². The molecule has 0 aromatic heterocycles. The maximum atomic E-state index is 9.58. The van der Waals surface area contributed by atoms with Gasteiger partial charge in [-0.1, -0.05) is 42.5 Å². The highest BCUT2D eigenvalue weighted by molar-refractivity contribution is 5.78. The van der Waals surface area contributed by atoms with E-state index < -0.39 is 12.6 Å². The van der Waals surface area contributed by atoms with Crippen LogP contribution in [0.1, 0.15) is 13.8 Å². The molecule has 2 atom stereocenters. The van der Waals surface area contributed by atoms with Gasteiger partial charge in [-0.2, -0.15) is 0 Å². The van der Waals surface area contributed by atoms with E-state index in [0.29, 0.717) is 11.5 Å². The highest BCUT2D eigenvalue weighted by atomic mass is 16.6. The van der Waals surface area contributed by atoms with E-state index >= 15 is 0 Å². The van der Waals surface area contributed by atoms with Crippen LogP contribution in [0, 0.1) is 0 Å². The van der Waals surface area contributed by atoms with Gasteiger partial charge in [0, 0.05) is 17.1 Å². The number of para-hydroxylation sites is 1. The summed E-state index contributed by atoms with van der Waals surface area (Å²) in [6, 6.07) is 41.2. The Bertz CT molecular complexity index is 1480. The normalized spacial score (nSPS) is 12.3. The molecule has 0 aliphatic rings. The monoisotopic (exact) mass is 533 g/mol. The Morgan fingerprint density at radius 2 is 0.800 bits per heavy atom. The summed E-state index contributed by atoms with van der Waals surface area (Å²) in [6.07, 6.45) is -1.75. The lowest BCUT2D eigenvalue weighted by Crippen LogP contribution is -2.11.